The van der Waals surface area contributed by atoms with E-state index in [-0.39, 0.29) is 0 Å². The molecule has 3 rings (SSSR count). The van der Waals surface area contributed by atoms with Gasteiger partial charge in [0.05, 0.1) is 6.61 Å². The number of aromatic nitrogens is 1. The van der Waals surface area contributed by atoms with Gasteiger partial charge in [-0.1, -0.05) is 24.3 Å². The monoisotopic (exact) mass is 290 g/mol. The van der Waals surface area contributed by atoms with Gasteiger partial charge in [-0.25, -0.2) is 4.98 Å². The summed E-state index contributed by atoms with van der Waals surface area (Å²) < 4.78 is 11.0. The van der Waals surface area contributed by atoms with Crippen LogP contribution in [0, 0.1) is 11.3 Å². The molecule has 0 fully saturated rings. The molecule has 3 aromatic rings. The van der Waals surface area contributed by atoms with Crippen molar-refractivity contribution in [1.29, 1.82) is 5.26 Å². The van der Waals surface area contributed by atoms with Crippen molar-refractivity contribution in [3.63, 3.8) is 0 Å². The first-order chi connectivity index (χ1) is 10.8. The smallest absolute Gasteiger partial charge is 0.238 e. The van der Waals surface area contributed by atoms with Crippen LogP contribution in [0.3, 0.4) is 0 Å². The number of rotatable bonds is 4. The van der Waals surface area contributed by atoms with Crippen molar-refractivity contribution in [2.24, 2.45) is 0 Å². The third-order valence-corrected chi connectivity index (χ3v) is 3.15. The van der Waals surface area contributed by atoms with Gasteiger partial charge in [-0.05, 0) is 42.8 Å². The van der Waals surface area contributed by atoms with E-state index in [1.54, 1.807) is 6.08 Å². The predicted molar refractivity (Wildman–Crippen MR) is 85.1 cm³/mol. The lowest BCUT2D eigenvalue weighted by Gasteiger charge is -2.02. The molecule has 0 aliphatic heterocycles. The molecule has 1 aromatic heterocycles. The fourth-order valence-corrected chi connectivity index (χ4v) is 2.12. The van der Waals surface area contributed by atoms with E-state index >= 15 is 0 Å². The van der Waals surface area contributed by atoms with E-state index < -0.39 is 0 Å². The van der Waals surface area contributed by atoms with Crippen molar-refractivity contribution in [3.8, 4) is 11.8 Å². The Kier molecular flexibility index (Phi) is 3.88. The van der Waals surface area contributed by atoms with Gasteiger partial charge in [0.1, 0.15) is 22.9 Å². The number of fused-ring (bicyclic) bond motifs is 1. The van der Waals surface area contributed by atoms with Crippen LogP contribution >= 0.6 is 0 Å². The van der Waals surface area contributed by atoms with Crippen LogP contribution in [-0.2, 0) is 0 Å². The third kappa shape index (κ3) is 2.84. The lowest BCUT2D eigenvalue weighted by atomic mass is 10.1. The molecule has 0 saturated carbocycles. The van der Waals surface area contributed by atoms with E-state index in [9.17, 15) is 5.26 Å². The maximum atomic E-state index is 9.36. The van der Waals surface area contributed by atoms with Crippen molar-refractivity contribution >= 4 is 22.7 Å². The SMILES string of the molecule is CCOc1ccc(/C=C(\C#N)c2nc3ccccc3o2)cc1. The third-order valence-electron chi connectivity index (χ3n) is 3.15. The second-order valence-corrected chi connectivity index (χ2v) is 4.66. The minimum atomic E-state index is 0.331. The second-order valence-electron chi connectivity index (χ2n) is 4.66. The first kappa shape index (κ1) is 13.9. The van der Waals surface area contributed by atoms with Gasteiger partial charge in [0.25, 0.3) is 0 Å². The molecule has 4 heteroatoms. The molecule has 0 saturated heterocycles. The number of para-hydroxylation sites is 2. The molecule has 0 bridgehead atoms. The molecule has 4 nitrogen and oxygen atoms in total. The highest BCUT2D eigenvalue weighted by Gasteiger charge is 2.10. The van der Waals surface area contributed by atoms with Gasteiger partial charge in [-0.3, -0.25) is 0 Å². The van der Waals surface area contributed by atoms with Crippen molar-refractivity contribution in [3.05, 3.63) is 60.0 Å². The molecule has 0 radical (unpaired) electrons. The van der Waals surface area contributed by atoms with Gasteiger partial charge >= 0.3 is 0 Å². The molecule has 108 valence electrons. The first-order valence-corrected chi connectivity index (χ1v) is 7.01. The Morgan fingerprint density at radius 2 is 2.00 bits per heavy atom. The summed E-state index contributed by atoms with van der Waals surface area (Å²) in [5.41, 5.74) is 2.69. The Morgan fingerprint density at radius 3 is 2.68 bits per heavy atom. The number of nitriles is 1. The van der Waals surface area contributed by atoms with E-state index in [1.807, 2.05) is 55.5 Å². The molecule has 22 heavy (non-hydrogen) atoms. The maximum absolute atomic E-state index is 9.36. The van der Waals surface area contributed by atoms with Crippen molar-refractivity contribution < 1.29 is 9.15 Å². The molecule has 0 unspecified atom stereocenters. The number of hydrogen-bond acceptors (Lipinski definition) is 4. The van der Waals surface area contributed by atoms with Gasteiger partial charge in [-0.15, -0.1) is 0 Å². The van der Waals surface area contributed by atoms with Crippen LogP contribution in [0.4, 0.5) is 0 Å². The summed E-state index contributed by atoms with van der Waals surface area (Å²) in [6, 6.07) is 17.1. The van der Waals surface area contributed by atoms with E-state index in [4.69, 9.17) is 9.15 Å². The number of allylic oxidation sites excluding steroid dienone is 1. The average Bonchev–Trinajstić information content (AvgIpc) is 2.98. The average molecular weight is 290 g/mol. The van der Waals surface area contributed by atoms with Crippen LogP contribution in [-0.4, -0.2) is 11.6 Å². The molecular formula is C18H14N2O2. The standard InChI is InChI=1S/C18H14N2O2/c1-2-21-15-9-7-13(8-10-15)11-14(12-19)18-20-16-5-3-4-6-17(16)22-18/h3-11H,2H2,1H3/b14-11+. The Hall–Kier alpha value is -3.06. The fourth-order valence-electron chi connectivity index (χ4n) is 2.12. The number of ether oxygens (including phenoxy) is 1. The highest BCUT2D eigenvalue weighted by molar-refractivity contribution is 5.88. The second kappa shape index (κ2) is 6.15. The van der Waals surface area contributed by atoms with Gasteiger partial charge in [0, 0.05) is 0 Å². The van der Waals surface area contributed by atoms with Gasteiger partial charge in [0.2, 0.25) is 5.89 Å². The van der Waals surface area contributed by atoms with Gasteiger partial charge in [-0.2, -0.15) is 5.26 Å². The summed E-state index contributed by atoms with van der Waals surface area (Å²) in [5.74, 6) is 1.14. The number of oxazole rings is 1. The Labute approximate surface area is 128 Å². The highest BCUT2D eigenvalue weighted by atomic mass is 16.5. The summed E-state index contributed by atoms with van der Waals surface area (Å²) >= 11 is 0. The minimum absolute atomic E-state index is 0.331. The lowest BCUT2D eigenvalue weighted by Crippen LogP contribution is -1.90. The summed E-state index contributed by atoms with van der Waals surface area (Å²) in [4.78, 5) is 4.34. The predicted octanol–water partition coefficient (Wildman–Crippen LogP) is 4.29. The molecule has 0 N–H and O–H groups in total. The van der Waals surface area contributed by atoms with Crippen LogP contribution in [0.15, 0.2) is 52.9 Å². The molecular weight excluding hydrogens is 276 g/mol. The van der Waals surface area contributed by atoms with Crippen molar-refractivity contribution in [2.45, 2.75) is 6.92 Å². The van der Waals surface area contributed by atoms with E-state index in [0.29, 0.717) is 23.7 Å². The van der Waals surface area contributed by atoms with E-state index in [2.05, 4.69) is 11.1 Å². The number of benzene rings is 2. The zero-order chi connectivity index (χ0) is 15.4. The molecule has 0 amide bonds. The van der Waals surface area contributed by atoms with Crippen LogP contribution < -0.4 is 4.74 Å². The molecule has 1 heterocycles. The molecule has 0 aliphatic rings. The first-order valence-electron chi connectivity index (χ1n) is 7.01. The fraction of sp³-hybridized carbons (Fsp3) is 0.111. The van der Waals surface area contributed by atoms with Crippen LogP contribution in [0.2, 0.25) is 0 Å². The van der Waals surface area contributed by atoms with Crippen LogP contribution in [0.1, 0.15) is 18.4 Å². The summed E-state index contributed by atoms with van der Waals surface area (Å²) in [5, 5.41) is 9.36. The Bertz CT molecular complexity index is 822. The van der Waals surface area contributed by atoms with Crippen molar-refractivity contribution in [1.82, 2.24) is 4.98 Å². The summed E-state index contributed by atoms with van der Waals surface area (Å²) in [6.07, 6.45) is 1.75. The van der Waals surface area contributed by atoms with E-state index in [0.717, 1.165) is 16.8 Å². The minimum Gasteiger partial charge on any atom is -0.494 e. The normalized spacial score (nSPS) is 11.4. The molecule has 0 spiro atoms. The summed E-state index contributed by atoms with van der Waals surface area (Å²) in [6.45, 7) is 2.57. The number of hydrogen-bond donors (Lipinski definition) is 0. The Balaban J connectivity index is 1.94. The van der Waals surface area contributed by atoms with Gasteiger partial charge in [0.15, 0.2) is 5.58 Å². The lowest BCUT2D eigenvalue weighted by molar-refractivity contribution is 0.340. The topological polar surface area (TPSA) is 59.0 Å². The van der Waals surface area contributed by atoms with Gasteiger partial charge < -0.3 is 9.15 Å². The number of nitrogens with zero attached hydrogens (tertiary/aromatic N) is 2. The molecule has 0 aliphatic carbocycles. The van der Waals surface area contributed by atoms with Crippen molar-refractivity contribution in [2.75, 3.05) is 6.61 Å². The van der Waals surface area contributed by atoms with E-state index in [1.165, 1.54) is 0 Å². The highest BCUT2D eigenvalue weighted by Crippen LogP contribution is 2.23. The quantitative estimate of drug-likeness (QED) is 0.672. The molecule has 2 aromatic carbocycles. The van der Waals surface area contributed by atoms with Crippen LogP contribution in [0.25, 0.3) is 22.7 Å². The Morgan fingerprint density at radius 1 is 1.23 bits per heavy atom. The largest absolute Gasteiger partial charge is 0.494 e. The zero-order valence-corrected chi connectivity index (χ0v) is 12.1. The maximum Gasteiger partial charge on any atom is 0.238 e. The zero-order valence-electron chi connectivity index (χ0n) is 12.1. The molecule has 0 atom stereocenters. The summed E-state index contributed by atoms with van der Waals surface area (Å²) in [7, 11) is 0. The van der Waals surface area contributed by atoms with Crippen LogP contribution in [0.5, 0.6) is 5.75 Å².